The first-order valence-electron chi connectivity index (χ1n) is 21.8. The molecule has 0 saturated heterocycles. The van der Waals surface area contributed by atoms with Crippen molar-refractivity contribution in [3.63, 3.8) is 0 Å². The van der Waals surface area contributed by atoms with E-state index >= 15 is 0 Å². The lowest BCUT2D eigenvalue weighted by molar-refractivity contribution is 0.261. The summed E-state index contributed by atoms with van der Waals surface area (Å²) in [6, 6.07) is 24.6. The summed E-state index contributed by atoms with van der Waals surface area (Å²) in [4.78, 5) is 12.7. The van der Waals surface area contributed by atoms with Crippen LogP contribution in [0.25, 0.3) is 0 Å². The number of aryl methyl sites for hydroxylation is 2. The SMILES string of the molecule is Cc1cc(NC(=O)Nc2cc(C)c(N=Nc3ccc(N=Nc4ccc(N)cc4S(=O)(=O)O)cc3)cc2OCCCS(=O)(=O)O)c(OCCCS(=O)(=O)O)cc1N=Nc1ccc(N=Nc2ccc(N)cc2S(=O)(=O)O)cc1. The minimum Gasteiger partial charge on any atom is -0.491 e. The van der Waals surface area contributed by atoms with Gasteiger partial charge in [-0.15, -0.1) is 10.2 Å². The number of nitrogen functional groups attached to an aromatic ring is 2. The summed E-state index contributed by atoms with van der Waals surface area (Å²) in [5.74, 6) is -1.20. The number of nitrogens with two attached hydrogens (primary N) is 2. The van der Waals surface area contributed by atoms with Gasteiger partial charge in [0.1, 0.15) is 32.7 Å². The maximum Gasteiger partial charge on any atom is 0.323 e. The van der Waals surface area contributed by atoms with Gasteiger partial charge in [-0.25, -0.2) is 4.79 Å². The maximum absolute atomic E-state index is 13.7. The number of nitrogens with zero attached hydrogens (tertiary/aromatic N) is 8. The van der Waals surface area contributed by atoms with Crippen LogP contribution in [0.1, 0.15) is 24.0 Å². The number of carbonyl (C=O) groups excluding carboxylic acids is 1. The van der Waals surface area contributed by atoms with Gasteiger partial charge in [0.25, 0.3) is 40.5 Å². The highest BCUT2D eigenvalue weighted by molar-refractivity contribution is 7.86. The number of azo groups is 4. The molecule has 0 heterocycles. The molecule has 6 aromatic carbocycles. The minimum atomic E-state index is -4.65. The Balaban J connectivity index is 1.20. The molecular weight excluding hydrogens is 1080 g/mol. The Morgan fingerprint density at radius 2 is 0.776 bits per heavy atom. The zero-order valence-corrected chi connectivity index (χ0v) is 43.0. The van der Waals surface area contributed by atoms with E-state index in [2.05, 4.69) is 51.5 Å². The second kappa shape index (κ2) is 24.5. The molecule has 10 N–H and O–H groups in total. The molecule has 6 aromatic rings. The molecule has 0 radical (unpaired) electrons. The molecule has 0 aliphatic carbocycles. The molecule has 0 aliphatic heterocycles. The van der Waals surface area contributed by atoms with Crippen LogP contribution in [0.15, 0.2) is 160 Å². The summed E-state index contributed by atoms with van der Waals surface area (Å²) in [7, 11) is -18.0. The van der Waals surface area contributed by atoms with Gasteiger partial charge < -0.3 is 31.6 Å². The van der Waals surface area contributed by atoms with Crippen molar-refractivity contribution in [1.82, 2.24) is 0 Å². The number of anilines is 4. The zero-order valence-electron chi connectivity index (χ0n) is 39.8. The van der Waals surface area contributed by atoms with E-state index in [4.69, 9.17) is 20.9 Å². The van der Waals surface area contributed by atoms with Crippen molar-refractivity contribution in [2.24, 2.45) is 40.9 Å². The van der Waals surface area contributed by atoms with Crippen LogP contribution in [-0.4, -0.2) is 82.6 Å². The van der Waals surface area contributed by atoms with Crippen molar-refractivity contribution in [2.75, 3.05) is 46.8 Å². The third kappa shape index (κ3) is 17.5. The van der Waals surface area contributed by atoms with Crippen molar-refractivity contribution in [3.05, 3.63) is 120 Å². The fourth-order valence-corrected chi connectivity index (χ4v) is 8.67. The van der Waals surface area contributed by atoms with E-state index in [1.165, 1.54) is 97.1 Å². The topological polar surface area (TPSA) is 428 Å². The average molecular weight is 1120 g/mol. The first kappa shape index (κ1) is 57.1. The molecule has 0 unspecified atom stereocenters. The molecule has 0 aromatic heterocycles. The van der Waals surface area contributed by atoms with E-state index < -0.39 is 67.8 Å². The van der Waals surface area contributed by atoms with E-state index in [0.29, 0.717) is 22.5 Å². The van der Waals surface area contributed by atoms with Crippen molar-refractivity contribution in [3.8, 4) is 11.5 Å². The Morgan fingerprint density at radius 3 is 1.08 bits per heavy atom. The summed E-state index contributed by atoms with van der Waals surface area (Å²) in [6.07, 6.45) is -0.276. The Kier molecular flexibility index (Phi) is 18.4. The predicted molar refractivity (Wildman–Crippen MR) is 279 cm³/mol. The molecule has 27 nitrogen and oxygen atoms in total. The Hall–Kier alpha value is -8.17. The highest BCUT2D eigenvalue weighted by Crippen LogP contribution is 2.38. The minimum absolute atomic E-state index is 0.0190. The van der Waals surface area contributed by atoms with Crippen LogP contribution in [0.5, 0.6) is 11.5 Å². The second-order valence-corrected chi connectivity index (χ2v) is 22.0. The third-order valence-corrected chi connectivity index (χ3v) is 13.4. The van der Waals surface area contributed by atoms with E-state index in [9.17, 15) is 56.7 Å². The molecule has 0 fully saturated rings. The molecule has 6 rings (SSSR count). The van der Waals surface area contributed by atoms with E-state index in [-0.39, 0.29) is 94.4 Å². The zero-order chi connectivity index (χ0) is 55.4. The van der Waals surface area contributed by atoms with Crippen molar-refractivity contribution in [1.29, 1.82) is 0 Å². The molecule has 0 atom stereocenters. The molecule has 0 bridgehead atoms. The first-order valence-corrected chi connectivity index (χ1v) is 27.9. The smallest absolute Gasteiger partial charge is 0.323 e. The van der Waals surface area contributed by atoms with Crippen molar-refractivity contribution < 1.29 is 66.2 Å². The summed E-state index contributed by atoms with van der Waals surface area (Å²) >= 11 is 0. The standard InChI is InChI=1S/C45H46N12O15S4/c1-27-21-39(41(71-17-3-19-73(59,60)61)25-37(27)56-52-33-11-7-31(8-12-33)50-54-35-15-5-29(46)23-43(35)75(65,66)67)48-45(58)49-40-22-28(2)38(26-42(40)72-18-4-20-74(62,63)64)57-53-34-13-9-32(10-14-34)51-55-36-16-6-30(47)24-44(36)76(68,69)70/h5-16,21-26H,3-4,17-20,46-47H2,1-2H3,(H2,48,49,58)(H,59,60,61)(H,62,63,64)(H,65,66,67)(H,68,69,70). The number of carbonyl (C=O) groups is 1. The third-order valence-electron chi connectivity index (χ3n) is 10.0. The van der Waals surface area contributed by atoms with Gasteiger partial charge in [0.2, 0.25) is 0 Å². The number of urea groups is 1. The van der Waals surface area contributed by atoms with Crippen molar-refractivity contribution in [2.45, 2.75) is 36.5 Å². The highest BCUT2D eigenvalue weighted by atomic mass is 32.2. The number of nitrogens with one attached hydrogen (secondary N) is 2. The fourth-order valence-electron chi connectivity index (χ4n) is 6.39. The van der Waals surface area contributed by atoms with E-state index in [1.807, 2.05) is 0 Å². The number of rotatable bonds is 22. The monoisotopic (exact) mass is 1120 g/mol. The molecule has 400 valence electrons. The first-order chi connectivity index (χ1) is 35.7. The van der Waals surface area contributed by atoms with Gasteiger partial charge in [-0.2, -0.15) is 64.4 Å². The van der Waals surface area contributed by atoms with Crippen LogP contribution in [0, 0.1) is 13.8 Å². The van der Waals surface area contributed by atoms with Gasteiger partial charge in [-0.1, -0.05) is 0 Å². The van der Waals surface area contributed by atoms with E-state index in [1.54, 1.807) is 13.8 Å². The largest absolute Gasteiger partial charge is 0.491 e. The Bertz CT molecular complexity index is 3490. The van der Waals surface area contributed by atoms with Gasteiger partial charge in [0.05, 0.1) is 70.2 Å². The molecule has 0 spiro atoms. The molecule has 2 amide bonds. The Labute approximate surface area is 434 Å². The summed E-state index contributed by atoms with van der Waals surface area (Å²) in [6.45, 7) is 2.85. The summed E-state index contributed by atoms with van der Waals surface area (Å²) in [5.41, 5.74) is 14.1. The van der Waals surface area contributed by atoms with Crippen LogP contribution in [0.4, 0.5) is 73.0 Å². The molecular formula is C45H46N12O15S4. The van der Waals surface area contributed by atoms with Gasteiger partial charge in [0.15, 0.2) is 0 Å². The average Bonchev–Trinajstić information content (AvgIpc) is 3.33. The van der Waals surface area contributed by atoms with E-state index in [0.717, 1.165) is 12.1 Å². The number of hydrogen-bond acceptors (Lipinski definition) is 21. The maximum atomic E-state index is 13.7. The van der Waals surface area contributed by atoms with Crippen molar-refractivity contribution >= 4 is 115 Å². The number of ether oxygens (including phenoxy) is 2. The number of benzene rings is 6. The lowest BCUT2D eigenvalue weighted by atomic mass is 10.1. The normalized spacial score (nSPS) is 12.5. The summed E-state index contributed by atoms with van der Waals surface area (Å²) in [5, 5.41) is 38.3. The number of hydrogen-bond donors (Lipinski definition) is 8. The van der Waals surface area contributed by atoms with Gasteiger partial charge in [0, 0.05) is 23.5 Å². The van der Waals surface area contributed by atoms with Gasteiger partial charge in [-0.05, 0) is 135 Å². The van der Waals surface area contributed by atoms with Crippen LogP contribution in [-0.2, 0) is 40.5 Å². The second-order valence-electron chi connectivity index (χ2n) is 16.1. The Morgan fingerprint density at radius 1 is 0.461 bits per heavy atom. The van der Waals surface area contributed by atoms with Crippen LogP contribution < -0.4 is 31.6 Å². The molecule has 0 aliphatic rings. The van der Waals surface area contributed by atoms with Crippen LogP contribution >= 0.6 is 0 Å². The lowest BCUT2D eigenvalue weighted by Gasteiger charge is -2.17. The number of amides is 2. The van der Waals surface area contributed by atoms with Gasteiger partial charge in [-0.3, -0.25) is 18.2 Å². The van der Waals surface area contributed by atoms with Crippen LogP contribution in [0.2, 0.25) is 0 Å². The van der Waals surface area contributed by atoms with Crippen LogP contribution in [0.3, 0.4) is 0 Å². The predicted octanol–water partition coefficient (Wildman–Crippen LogP) is 10.6. The molecule has 31 heteroatoms. The molecule has 76 heavy (non-hydrogen) atoms. The lowest BCUT2D eigenvalue weighted by Crippen LogP contribution is -2.21. The quantitative estimate of drug-likeness (QED) is 0.0135. The molecule has 0 saturated carbocycles. The fraction of sp³-hybridized carbons (Fsp3) is 0.178. The highest BCUT2D eigenvalue weighted by Gasteiger charge is 2.19. The van der Waals surface area contributed by atoms with Gasteiger partial charge >= 0.3 is 6.03 Å². The summed E-state index contributed by atoms with van der Waals surface area (Å²) < 4.78 is 142.